The van der Waals surface area contributed by atoms with Crippen LogP contribution >= 0.6 is 0 Å². The molecule has 1 aromatic heterocycles. The van der Waals surface area contributed by atoms with Crippen molar-refractivity contribution in [2.45, 2.75) is 32.6 Å². The van der Waals surface area contributed by atoms with Gasteiger partial charge in [-0.1, -0.05) is 84.4 Å². The summed E-state index contributed by atoms with van der Waals surface area (Å²) in [7, 11) is 0. The number of rotatable bonds is 14. The topological polar surface area (TPSA) is 44.2 Å². The molecule has 0 saturated heterocycles. The van der Waals surface area contributed by atoms with Crippen LogP contribution in [0.25, 0.3) is 33.6 Å². The van der Waals surface area contributed by atoms with Crippen molar-refractivity contribution < 1.29 is 9.47 Å². The van der Waals surface area contributed by atoms with E-state index in [0.29, 0.717) is 6.61 Å². The molecule has 0 fully saturated rings. The number of ether oxygens (including phenoxy) is 2. The van der Waals surface area contributed by atoms with Gasteiger partial charge in [0.1, 0.15) is 0 Å². The Morgan fingerprint density at radius 1 is 0.622 bits per heavy atom. The number of aryl methyl sites for hydroxylation is 2. The Morgan fingerprint density at radius 2 is 1.11 bits per heavy atom. The maximum absolute atomic E-state index is 5.66. The zero-order valence-corrected chi connectivity index (χ0v) is 21.7. The van der Waals surface area contributed by atoms with Gasteiger partial charge in [-0.2, -0.15) is 0 Å². The van der Waals surface area contributed by atoms with E-state index in [0.717, 1.165) is 62.5 Å². The van der Waals surface area contributed by atoms with Gasteiger partial charge >= 0.3 is 0 Å². The average Bonchev–Trinajstić information content (AvgIpc) is 2.95. The molecule has 0 saturated carbocycles. The molecule has 4 heteroatoms. The molecule has 190 valence electrons. The molecule has 4 nitrogen and oxygen atoms in total. The monoisotopic (exact) mass is 492 g/mol. The number of aromatic nitrogens is 2. The van der Waals surface area contributed by atoms with Gasteiger partial charge in [0.25, 0.3) is 0 Å². The van der Waals surface area contributed by atoms with E-state index >= 15 is 0 Å². The third-order valence-corrected chi connectivity index (χ3v) is 6.27. The van der Waals surface area contributed by atoms with Crippen LogP contribution in [0.1, 0.15) is 30.4 Å². The number of nitrogens with zero attached hydrogens (tertiary/aromatic N) is 2. The second-order valence-corrected chi connectivity index (χ2v) is 9.22. The molecule has 0 amide bonds. The number of hydrogen-bond acceptors (Lipinski definition) is 4. The van der Waals surface area contributed by atoms with Crippen molar-refractivity contribution in [3.05, 3.63) is 109 Å². The van der Waals surface area contributed by atoms with E-state index in [1.54, 1.807) is 6.08 Å². The van der Waals surface area contributed by atoms with Gasteiger partial charge in [0.2, 0.25) is 0 Å². The molecule has 0 radical (unpaired) electrons. The van der Waals surface area contributed by atoms with Crippen molar-refractivity contribution in [2.24, 2.45) is 0 Å². The highest BCUT2D eigenvalue weighted by atomic mass is 16.5. The lowest BCUT2D eigenvalue weighted by Gasteiger charge is -2.07. The first-order chi connectivity index (χ1) is 18.2. The number of benzene rings is 3. The maximum atomic E-state index is 5.66. The average molecular weight is 493 g/mol. The molecule has 0 spiro atoms. The molecule has 4 rings (SSSR count). The lowest BCUT2D eigenvalue weighted by Crippen LogP contribution is -2.02. The SMILES string of the molecule is C=CCOCCCOCCCCc1cnc(-c2ccc(-c3ccc(-c4ccc(C)cc4)cc3)cc2)nc1. The molecule has 0 N–H and O–H groups in total. The van der Waals surface area contributed by atoms with Crippen LogP contribution < -0.4 is 0 Å². The van der Waals surface area contributed by atoms with Gasteiger partial charge in [0.05, 0.1) is 6.61 Å². The molecular formula is C33H36N2O2. The Labute approximate surface area is 221 Å². The summed E-state index contributed by atoms with van der Waals surface area (Å²) in [6, 6.07) is 25.8. The van der Waals surface area contributed by atoms with Crippen LogP contribution in [0.15, 0.2) is 97.8 Å². The third kappa shape index (κ3) is 8.21. The van der Waals surface area contributed by atoms with Crippen LogP contribution in [0.4, 0.5) is 0 Å². The Hall–Kier alpha value is -3.60. The maximum Gasteiger partial charge on any atom is 0.159 e. The Morgan fingerprint density at radius 3 is 1.68 bits per heavy atom. The Kier molecular flexibility index (Phi) is 10.2. The lowest BCUT2D eigenvalue weighted by atomic mass is 9.99. The predicted molar refractivity (Wildman–Crippen MR) is 152 cm³/mol. The Balaban J connectivity index is 1.23. The van der Waals surface area contributed by atoms with Crippen LogP contribution in [0, 0.1) is 6.92 Å². The fourth-order valence-electron chi connectivity index (χ4n) is 4.11. The molecule has 0 bridgehead atoms. The van der Waals surface area contributed by atoms with E-state index in [9.17, 15) is 0 Å². The highest BCUT2D eigenvalue weighted by Crippen LogP contribution is 2.27. The van der Waals surface area contributed by atoms with E-state index in [4.69, 9.17) is 9.47 Å². The number of unbranched alkanes of at least 4 members (excludes halogenated alkanes) is 1. The van der Waals surface area contributed by atoms with E-state index in [-0.39, 0.29) is 0 Å². The summed E-state index contributed by atoms with van der Waals surface area (Å²) in [6.07, 6.45) is 9.62. The van der Waals surface area contributed by atoms with Crippen LogP contribution in [-0.2, 0) is 15.9 Å². The van der Waals surface area contributed by atoms with Gasteiger partial charge < -0.3 is 9.47 Å². The summed E-state index contributed by atoms with van der Waals surface area (Å²) in [4.78, 5) is 9.21. The quantitative estimate of drug-likeness (QED) is 0.133. The molecule has 0 aliphatic carbocycles. The van der Waals surface area contributed by atoms with Gasteiger partial charge in [0.15, 0.2) is 5.82 Å². The van der Waals surface area contributed by atoms with Crippen molar-refractivity contribution in [3.63, 3.8) is 0 Å². The van der Waals surface area contributed by atoms with E-state index in [2.05, 4.69) is 96.3 Å². The molecule has 1 heterocycles. The van der Waals surface area contributed by atoms with Crippen molar-refractivity contribution in [1.82, 2.24) is 9.97 Å². The second kappa shape index (κ2) is 14.2. The Bertz CT molecular complexity index is 1220. The zero-order chi connectivity index (χ0) is 25.7. The summed E-state index contributed by atoms with van der Waals surface area (Å²) in [5.41, 5.74) is 8.31. The standard InChI is InChI=1S/C33H36N2O2/c1-3-20-36-22-6-23-37-21-5-4-7-27-24-34-33(35-25-27)32-18-16-31(17-19-32)30-14-12-29(13-15-30)28-10-8-26(2)9-11-28/h3,8-19,24-25H,1,4-7,20-23H2,2H3. The van der Waals surface area contributed by atoms with E-state index in [1.165, 1.54) is 27.8 Å². The summed E-state index contributed by atoms with van der Waals surface area (Å²) in [5.74, 6) is 0.757. The normalized spacial score (nSPS) is 10.9. The van der Waals surface area contributed by atoms with Crippen molar-refractivity contribution in [1.29, 1.82) is 0 Å². The largest absolute Gasteiger partial charge is 0.381 e. The molecule has 4 aromatic rings. The highest BCUT2D eigenvalue weighted by molar-refractivity contribution is 5.72. The van der Waals surface area contributed by atoms with Crippen LogP contribution in [0.5, 0.6) is 0 Å². The van der Waals surface area contributed by atoms with Gasteiger partial charge in [-0.15, -0.1) is 6.58 Å². The van der Waals surface area contributed by atoms with Crippen molar-refractivity contribution in [3.8, 4) is 33.6 Å². The lowest BCUT2D eigenvalue weighted by molar-refractivity contribution is 0.0912. The van der Waals surface area contributed by atoms with Gasteiger partial charge in [-0.05, 0) is 60.4 Å². The van der Waals surface area contributed by atoms with Crippen LogP contribution in [0.2, 0.25) is 0 Å². The first-order valence-electron chi connectivity index (χ1n) is 13.1. The molecule has 3 aromatic carbocycles. The summed E-state index contributed by atoms with van der Waals surface area (Å²) in [6.45, 7) is 8.60. The van der Waals surface area contributed by atoms with E-state index in [1.807, 2.05) is 12.4 Å². The van der Waals surface area contributed by atoms with Crippen molar-refractivity contribution in [2.75, 3.05) is 26.4 Å². The fourth-order valence-corrected chi connectivity index (χ4v) is 4.11. The predicted octanol–water partition coefficient (Wildman–Crippen LogP) is 7.72. The molecule has 0 aliphatic rings. The fraction of sp³-hybridized carbons (Fsp3) is 0.273. The van der Waals surface area contributed by atoms with E-state index < -0.39 is 0 Å². The molecule has 0 atom stereocenters. The molecule has 37 heavy (non-hydrogen) atoms. The summed E-state index contributed by atoms with van der Waals surface area (Å²) < 4.78 is 11.0. The summed E-state index contributed by atoms with van der Waals surface area (Å²) >= 11 is 0. The van der Waals surface area contributed by atoms with Crippen molar-refractivity contribution >= 4 is 0 Å². The van der Waals surface area contributed by atoms with Gasteiger partial charge in [-0.3, -0.25) is 0 Å². The van der Waals surface area contributed by atoms with Gasteiger partial charge in [-0.25, -0.2) is 9.97 Å². The van der Waals surface area contributed by atoms with Gasteiger partial charge in [0, 0.05) is 37.8 Å². The zero-order valence-electron chi connectivity index (χ0n) is 21.7. The highest BCUT2D eigenvalue weighted by Gasteiger charge is 2.05. The van der Waals surface area contributed by atoms with Crippen LogP contribution in [0.3, 0.4) is 0 Å². The smallest absolute Gasteiger partial charge is 0.159 e. The second-order valence-electron chi connectivity index (χ2n) is 9.22. The molecule has 0 unspecified atom stereocenters. The molecular weight excluding hydrogens is 456 g/mol. The first-order valence-corrected chi connectivity index (χ1v) is 13.1. The minimum absolute atomic E-state index is 0.607. The van der Waals surface area contributed by atoms with Crippen LogP contribution in [-0.4, -0.2) is 36.4 Å². The third-order valence-electron chi connectivity index (χ3n) is 6.27. The first kappa shape index (κ1) is 26.5. The molecule has 0 aliphatic heterocycles. The minimum Gasteiger partial charge on any atom is -0.381 e. The number of hydrogen-bond donors (Lipinski definition) is 0. The summed E-state index contributed by atoms with van der Waals surface area (Å²) in [5, 5.41) is 0. The minimum atomic E-state index is 0.607.